The third-order valence-corrected chi connectivity index (χ3v) is 2.57. The Morgan fingerprint density at radius 2 is 1.93 bits per heavy atom. The summed E-state index contributed by atoms with van der Waals surface area (Å²) in [6.45, 7) is 1.88. The maximum Gasteiger partial charge on any atom is 0.138 e. The minimum Gasteiger partial charge on any atom is -0.370 e. The van der Waals surface area contributed by atoms with Crippen molar-refractivity contribution >= 4 is 5.78 Å². The molecule has 1 aromatic carbocycles. The van der Waals surface area contributed by atoms with Gasteiger partial charge < -0.3 is 4.74 Å². The Labute approximate surface area is 88.1 Å². The van der Waals surface area contributed by atoms with Crippen LogP contribution in [0.15, 0.2) is 24.3 Å². The Kier molecular flexibility index (Phi) is 2.82. The van der Waals surface area contributed by atoms with E-state index in [1.54, 1.807) is 12.1 Å². The first kappa shape index (κ1) is 10.3. The van der Waals surface area contributed by atoms with E-state index in [1.165, 1.54) is 12.1 Å². The van der Waals surface area contributed by atoms with Crippen molar-refractivity contribution in [1.82, 2.24) is 0 Å². The van der Waals surface area contributed by atoms with Gasteiger partial charge in [-0.15, -0.1) is 0 Å². The molecule has 1 heterocycles. The number of ketones is 1. The molecule has 15 heavy (non-hydrogen) atoms. The lowest BCUT2D eigenvalue weighted by Gasteiger charge is -2.27. The predicted molar refractivity (Wildman–Crippen MR) is 53.9 cm³/mol. The predicted octanol–water partition coefficient (Wildman–Crippen LogP) is 2.63. The van der Waals surface area contributed by atoms with Crippen LogP contribution in [0.4, 0.5) is 4.39 Å². The number of carbonyl (C=O) groups is 1. The molecule has 1 saturated heterocycles. The van der Waals surface area contributed by atoms with Crippen molar-refractivity contribution in [2.24, 2.45) is 0 Å². The summed E-state index contributed by atoms with van der Waals surface area (Å²) >= 11 is 0. The van der Waals surface area contributed by atoms with Gasteiger partial charge in [0, 0.05) is 12.8 Å². The summed E-state index contributed by atoms with van der Waals surface area (Å²) in [5.74, 6) is -0.0583. The second kappa shape index (κ2) is 4.11. The number of hydrogen-bond donors (Lipinski definition) is 0. The third-order valence-electron chi connectivity index (χ3n) is 2.57. The maximum atomic E-state index is 12.7. The summed E-state index contributed by atoms with van der Waals surface area (Å²) < 4.78 is 18.3. The minimum absolute atomic E-state index is 0.0405. The molecule has 2 atom stereocenters. The van der Waals surface area contributed by atoms with E-state index in [0.29, 0.717) is 12.8 Å². The first-order valence-electron chi connectivity index (χ1n) is 5.08. The van der Waals surface area contributed by atoms with Crippen LogP contribution in [0, 0.1) is 5.82 Å². The SMILES string of the molecule is C[C@@H]1CC(=O)C[C@H](c2ccc(F)cc2)O1. The fourth-order valence-electron chi connectivity index (χ4n) is 1.86. The van der Waals surface area contributed by atoms with E-state index in [9.17, 15) is 9.18 Å². The largest absolute Gasteiger partial charge is 0.370 e. The fourth-order valence-corrected chi connectivity index (χ4v) is 1.86. The highest BCUT2D eigenvalue weighted by Gasteiger charge is 2.26. The Balaban J connectivity index is 2.16. The molecule has 0 spiro atoms. The molecule has 1 aromatic rings. The van der Waals surface area contributed by atoms with E-state index >= 15 is 0 Å². The van der Waals surface area contributed by atoms with Gasteiger partial charge in [-0.1, -0.05) is 12.1 Å². The van der Waals surface area contributed by atoms with Crippen molar-refractivity contribution in [1.29, 1.82) is 0 Å². The number of rotatable bonds is 1. The van der Waals surface area contributed by atoms with Crippen molar-refractivity contribution in [3.05, 3.63) is 35.6 Å². The number of Topliss-reactive ketones (excluding diaryl/α,β-unsaturated/α-hetero) is 1. The van der Waals surface area contributed by atoms with Crippen LogP contribution in [0.5, 0.6) is 0 Å². The summed E-state index contributed by atoms with van der Waals surface area (Å²) in [4.78, 5) is 11.4. The fraction of sp³-hybridized carbons (Fsp3) is 0.417. The van der Waals surface area contributed by atoms with Gasteiger partial charge in [-0.25, -0.2) is 4.39 Å². The van der Waals surface area contributed by atoms with Crippen LogP contribution in [0.2, 0.25) is 0 Å². The Morgan fingerprint density at radius 3 is 2.53 bits per heavy atom. The molecule has 0 amide bonds. The van der Waals surface area contributed by atoms with E-state index in [0.717, 1.165) is 5.56 Å². The van der Waals surface area contributed by atoms with Crippen LogP contribution in [0.25, 0.3) is 0 Å². The minimum atomic E-state index is -0.270. The summed E-state index contributed by atoms with van der Waals surface area (Å²) in [5.41, 5.74) is 0.872. The smallest absolute Gasteiger partial charge is 0.138 e. The second-order valence-electron chi connectivity index (χ2n) is 3.93. The number of hydrogen-bond acceptors (Lipinski definition) is 2. The molecule has 0 N–H and O–H groups in total. The molecule has 3 heteroatoms. The van der Waals surface area contributed by atoms with Crippen molar-refractivity contribution in [3.8, 4) is 0 Å². The van der Waals surface area contributed by atoms with E-state index < -0.39 is 0 Å². The van der Waals surface area contributed by atoms with E-state index in [4.69, 9.17) is 4.74 Å². The van der Waals surface area contributed by atoms with Crippen molar-refractivity contribution in [3.63, 3.8) is 0 Å². The maximum absolute atomic E-state index is 12.7. The van der Waals surface area contributed by atoms with Crippen LogP contribution in [-0.4, -0.2) is 11.9 Å². The van der Waals surface area contributed by atoms with Gasteiger partial charge in [-0.3, -0.25) is 4.79 Å². The molecule has 2 nitrogen and oxygen atoms in total. The zero-order valence-electron chi connectivity index (χ0n) is 8.57. The first-order chi connectivity index (χ1) is 7.15. The third kappa shape index (κ3) is 2.42. The highest BCUT2D eigenvalue weighted by atomic mass is 19.1. The number of carbonyl (C=O) groups excluding carboxylic acids is 1. The summed E-state index contributed by atoms with van der Waals surface area (Å²) in [5, 5.41) is 0. The van der Waals surface area contributed by atoms with E-state index in [-0.39, 0.29) is 23.8 Å². The molecule has 80 valence electrons. The van der Waals surface area contributed by atoms with Crippen LogP contribution in [0.1, 0.15) is 31.4 Å². The van der Waals surface area contributed by atoms with Gasteiger partial charge in [0.25, 0.3) is 0 Å². The van der Waals surface area contributed by atoms with Gasteiger partial charge in [-0.05, 0) is 24.6 Å². The quantitative estimate of drug-likeness (QED) is 0.709. The Morgan fingerprint density at radius 1 is 1.27 bits per heavy atom. The standard InChI is InChI=1S/C12H13FO2/c1-8-6-11(14)7-12(15-8)9-2-4-10(13)5-3-9/h2-5,8,12H,6-7H2,1H3/t8-,12-/m1/s1. The Bertz CT molecular complexity index is 358. The monoisotopic (exact) mass is 208 g/mol. The molecule has 0 unspecified atom stereocenters. The van der Waals surface area contributed by atoms with Gasteiger partial charge in [0.2, 0.25) is 0 Å². The zero-order chi connectivity index (χ0) is 10.8. The van der Waals surface area contributed by atoms with Crippen molar-refractivity contribution < 1.29 is 13.9 Å². The van der Waals surface area contributed by atoms with Gasteiger partial charge in [-0.2, -0.15) is 0 Å². The van der Waals surface area contributed by atoms with Gasteiger partial charge >= 0.3 is 0 Å². The van der Waals surface area contributed by atoms with Crippen LogP contribution in [0.3, 0.4) is 0 Å². The molecule has 0 aromatic heterocycles. The topological polar surface area (TPSA) is 26.3 Å². The van der Waals surface area contributed by atoms with Gasteiger partial charge in [0.15, 0.2) is 0 Å². The van der Waals surface area contributed by atoms with Crippen LogP contribution >= 0.6 is 0 Å². The lowest BCUT2D eigenvalue weighted by molar-refractivity contribution is -0.134. The molecule has 0 aliphatic carbocycles. The van der Waals surface area contributed by atoms with Gasteiger partial charge in [0.05, 0.1) is 12.2 Å². The molecule has 1 aliphatic rings. The summed E-state index contributed by atoms with van der Waals surface area (Å²) in [6.07, 6.45) is 0.636. The van der Waals surface area contributed by atoms with Crippen molar-refractivity contribution in [2.75, 3.05) is 0 Å². The summed E-state index contributed by atoms with van der Waals surface area (Å²) in [7, 11) is 0. The normalized spacial score (nSPS) is 26.7. The first-order valence-corrected chi connectivity index (χ1v) is 5.08. The molecular weight excluding hydrogens is 195 g/mol. The van der Waals surface area contributed by atoms with E-state index in [1.807, 2.05) is 6.92 Å². The van der Waals surface area contributed by atoms with Crippen molar-refractivity contribution in [2.45, 2.75) is 32.0 Å². The molecule has 0 saturated carbocycles. The van der Waals surface area contributed by atoms with Crippen LogP contribution in [-0.2, 0) is 9.53 Å². The molecule has 1 aliphatic heterocycles. The van der Waals surface area contributed by atoms with E-state index in [2.05, 4.69) is 0 Å². The lowest BCUT2D eigenvalue weighted by atomic mass is 9.98. The Hall–Kier alpha value is -1.22. The van der Waals surface area contributed by atoms with Crippen LogP contribution < -0.4 is 0 Å². The van der Waals surface area contributed by atoms with Gasteiger partial charge in [0.1, 0.15) is 11.6 Å². The average Bonchev–Trinajstić information content (AvgIpc) is 2.17. The lowest BCUT2D eigenvalue weighted by Crippen LogP contribution is -2.26. The second-order valence-corrected chi connectivity index (χ2v) is 3.93. The average molecular weight is 208 g/mol. The highest BCUT2D eigenvalue weighted by molar-refractivity contribution is 5.80. The zero-order valence-corrected chi connectivity index (χ0v) is 8.57. The highest BCUT2D eigenvalue weighted by Crippen LogP contribution is 2.29. The molecule has 0 radical (unpaired) electrons. The molecule has 1 fully saturated rings. The number of ether oxygens (including phenoxy) is 1. The molecular formula is C12H13FO2. The molecule has 0 bridgehead atoms. The number of halogens is 1. The molecule has 2 rings (SSSR count). The number of benzene rings is 1. The summed E-state index contributed by atoms with van der Waals surface area (Å²) in [6, 6.07) is 6.13.